The van der Waals surface area contributed by atoms with Crippen LogP contribution in [0.2, 0.25) is 13.1 Å². The molecule has 0 amide bonds. The zero-order chi connectivity index (χ0) is 22.2. The highest BCUT2D eigenvalue weighted by Gasteiger charge is 2.29. The van der Waals surface area contributed by atoms with Crippen LogP contribution in [0.4, 0.5) is 0 Å². The molecule has 0 aliphatic carbocycles. The van der Waals surface area contributed by atoms with Gasteiger partial charge in [0.15, 0.2) is 0 Å². The monoisotopic (exact) mass is 447 g/mol. The second kappa shape index (κ2) is 11.5. The van der Waals surface area contributed by atoms with Crippen molar-refractivity contribution in [3.63, 3.8) is 0 Å². The van der Waals surface area contributed by atoms with Crippen LogP contribution in [0.15, 0.2) is 41.1 Å². The molecule has 167 valence electrons. The maximum absolute atomic E-state index is 6.34. The summed E-state index contributed by atoms with van der Waals surface area (Å²) in [4.78, 5) is 0. The van der Waals surface area contributed by atoms with E-state index in [0.29, 0.717) is 13.2 Å². The van der Waals surface area contributed by atoms with Gasteiger partial charge in [0.2, 0.25) is 9.04 Å². The Bertz CT molecular complexity index is 733. The zero-order valence-electron chi connectivity index (χ0n) is 19.8. The van der Waals surface area contributed by atoms with Gasteiger partial charge in [-0.15, -0.1) is 0 Å². The average molecular weight is 448 g/mol. The quantitative estimate of drug-likeness (QED) is 0.324. The van der Waals surface area contributed by atoms with Crippen LogP contribution in [0.5, 0.6) is 5.75 Å². The van der Waals surface area contributed by atoms with Gasteiger partial charge in [-0.25, -0.2) is 0 Å². The van der Waals surface area contributed by atoms with Crippen molar-refractivity contribution in [1.29, 1.82) is 0 Å². The molecule has 0 N–H and O–H groups in total. The summed E-state index contributed by atoms with van der Waals surface area (Å²) in [5, 5.41) is 4.24. The zero-order valence-corrected chi connectivity index (χ0v) is 21.6. The Kier molecular flexibility index (Phi) is 9.60. The summed E-state index contributed by atoms with van der Waals surface area (Å²) in [6.45, 7) is 16.7. The summed E-state index contributed by atoms with van der Waals surface area (Å²) in [5.41, 5.74) is 2.33. The van der Waals surface area contributed by atoms with Gasteiger partial charge in [0.25, 0.3) is 0 Å². The van der Waals surface area contributed by atoms with E-state index in [1.54, 1.807) is 11.3 Å². The van der Waals surface area contributed by atoms with E-state index >= 15 is 0 Å². The third-order valence-corrected chi connectivity index (χ3v) is 7.07. The van der Waals surface area contributed by atoms with Crippen molar-refractivity contribution in [2.24, 2.45) is 5.41 Å². The lowest BCUT2D eigenvalue weighted by Crippen LogP contribution is -2.38. The first-order chi connectivity index (χ1) is 14.2. The van der Waals surface area contributed by atoms with E-state index in [4.69, 9.17) is 13.9 Å². The third kappa shape index (κ3) is 7.84. The minimum atomic E-state index is -0.752. The highest BCUT2D eigenvalue weighted by Crippen LogP contribution is 2.29. The molecule has 2 aromatic rings. The molecule has 0 fully saturated rings. The molecule has 1 unspecified atom stereocenters. The second-order valence-electron chi connectivity index (χ2n) is 9.33. The van der Waals surface area contributed by atoms with Gasteiger partial charge in [-0.1, -0.05) is 46.8 Å². The predicted octanol–water partition coefficient (Wildman–Crippen LogP) is 7.13. The first-order valence-corrected chi connectivity index (χ1v) is 14.4. The standard InChI is InChI=1S/C25H39O3SSi/c1-8-25(9-2,27-17-21-13-14-29-18-21)19-26-22-12-10-11-20(15-22)16-23(24(3,4)5)28-30(6)7/h10-15,18,23H,8-9,16-17,19H2,1-7H3. The van der Waals surface area contributed by atoms with Gasteiger partial charge in [-0.2, -0.15) is 11.3 Å². The normalized spacial score (nSPS) is 13.6. The maximum atomic E-state index is 6.34. The second-order valence-corrected chi connectivity index (χ2v) is 12.2. The Morgan fingerprint density at radius 1 is 1.03 bits per heavy atom. The van der Waals surface area contributed by atoms with Gasteiger partial charge in [0.05, 0.1) is 12.7 Å². The summed E-state index contributed by atoms with van der Waals surface area (Å²) >= 11 is 1.71. The first-order valence-electron chi connectivity index (χ1n) is 11.0. The van der Waals surface area contributed by atoms with Crippen molar-refractivity contribution < 1.29 is 13.9 Å². The summed E-state index contributed by atoms with van der Waals surface area (Å²) in [6, 6.07) is 10.6. The number of rotatable bonds is 12. The van der Waals surface area contributed by atoms with E-state index in [0.717, 1.165) is 25.0 Å². The highest BCUT2D eigenvalue weighted by molar-refractivity contribution is 7.07. The molecule has 0 saturated heterocycles. The lowest BCUT2D eigenvalue weighted by molar-refractivity contribution is -0.0877. The van der Waals surface area contributed by atoms with Gasteiger partial charge >= 0.3 is 0 Å². The summed E-state index contributed by atoms with van der Waals surface area (Å²) < 4.78 is 18.9. The minimum Gasteiger partial charge on any atom is -0.491 e. The molecule has 0 saturated carbocycles. The molecule has 0 spiro atoms. The summed E-state index contributed by atoms with van der Waals surface area (Å²) in [5.74, 6) is 0.907. The van der Waals surface area contributed by atoms with E-state index in [1.807, 2.05) is 6.07 Å². The lowest BCUT2D eigenvalue weighted by Gasteiger charge is -2.33. The van der Waals surface area contributed by atoms with Crippen LogP contribution in [0, 0.1) is 5.41 Å². The predicted molar refractivity (Wildman–Crippen MR) is 130 cm³/mol. The van der Waals surface area contributed by atoms with Crippen LogP contribution >= 0.6 is 11.3 Å². The molecule has 2 rings (SSSR count). The molecule has 0 aliphatic heterocycles. The van der Waals surface area contributed by atoms with E-state index in [2.05, 4.69) is 82.7 Å². The first kappa shape index (κ1) is 25.1. The van der Waals surface area contributed by atoms with Crippen molar-refractivity contribution in [3.8, 4) is 5.75 Å². The maximum Gasteiger partial charge on any atom is 0.205 e. The molecule has 0 bridgehead atoms. The molecule has 5 heteroatoms. The van der Waals surface area contributed by atoms with Crippen LogP contribution in [0.25, 0.3) is 0 Å². The number of hydrogen-bond donors (Lipinski definition) is 0. The molecule has 1 aromatic carbocycles. The van der Waals surface area contributed by atoms with Gasteiger partial charge in [0.1, 0.15) is 18.0 Å². The number of thiophene rings is 1. The van der Waals surface area contributed by atoms with Gasteiger partial charge in [-0.3, -0.25) is 0 Å². The van der Waals surface area contributed by atoms with Crippen molar-refractivity contribution in [2.75, 3.05) is 6.61 Å². The van der Waals surface area contributed by atoms with Crippen LogP contribution < -0.4 is 4.74 Å². The van der Waals surface area contributed by atoms with E-state index in [-0.39, 0.29) is 17.1 Å². The number of benzene rings is 1. The molecule has 1 heterocycles. The van der Waals surface area contributed by atoms with Crippen molar-refractivity contribution in [1.82, 2.24) is 0 Å². The molecular weight excluding hydrogens is 408 g/mol. The Hall–Kier alpha value is -1.14. The number of ether oxygens (including phenoxy) is 2. The van der Waals surface area contributed by atoms with Crippen molar-refractivity contribution >= 4 is 20.4 Å². The van der Waals surface area contributed by atoms with Crippen molar-refractivity contribution in [3.05, 3.63) is 52.2 Å². The highest BCUT2D eigenvalue weighted by atomic mass is 32.1. The fourth-order valence-electron chi connectivity index (χ4n) is 3.31. The fourth-order valence-corrected chi connectivity index (χ4v) is 4.97. The Morgan fingerprint density at radius 3 is 2.33 bits per heavy atom. The Morgan fingerprint density at radius 2 is 1.77 bits per heavy atom. The van der Waals surface area contributed by atoms with Gasteiger partial charge in [-0.05, 0) is 77.9 Å². The van der Waals surface area contributed by atoms with E-state index < -0.39 is 9.04 Å². The number of hydrogen-bond acceptors (Lipinski definition) is 4. The molecule has 30 heavy (non-hydrogen) atoms. The Balaban J connectivity index is 2.03. The van der Waals surface area contributed by atoms with Gasteiger partial charge in [0, 0.05) is 0 Å². The summed E-state index contributed by atoms with van der Waals surface area (Å²) in [6.07, 6.45) is 2.95. The average Bonchev–Trinajstić information content (AvgIpc) is 3.21. The molecule has 1 atom stereocenters. The van der Waals surface area contributed by atoms with Crippen LogP contribution in [0.1, 0.15) is 58.6 Å². The molecule has 0 aliphatic rings. The van der Waals surface area contributed by atoms with Gasteiger partial charge < -0.3 is 13.9 Å². The van der Waals surface area contributed by atoms with Crippen LogP contribution in [-0.4, -0.2) is 27.4 Å². The van der Waals surface area contributed by atoms with Crippen LogP contribution in [-0.2, 0) is 22.2 Å². The molecular formula is C25H39O3SSi. The largest absolute Gasteiger partial charge is 0.491 e. The lowest BCUT2D eigenvalue weighted by atomic mass is 9.85. The SMILES string of the molecule is CCC(CC)(COc1cccc(CC(O[Si](C)C)C(C)(C)C)c1)OCc1ccsc1. The van der Waals surface area contributed by atoms with E-state index in [1.165, 1.54) is 11.1 Å². The molecule has 1 radical (unpaired) electrons. The van der Waals surface area contributed by atoms with E-state index in [9.17, 15) is 0 Å². The summed E-state index contributed by atoms with van der Waals surface area (Å²) in [7, 11) is -0.752. The molecule has 1 aromatic heterocycles. The van der Waals surface area contributed by atoms with Crippen molar-refractivity contribution in [2.45, 2.75) is 85.3 Å². The minimum absolute atomic E-state index is 0.105. The smallest absolute Gasteiger partial charge is 0.205 e. The van der Waals surface area contributed by atoms with Crippen LogP contribution in [0.3, 0.4) is 0 Å². The fraction of sp³-hybridized carbons (Fsp3) is 0.600. The topological polar surface area (TPSA) is 27.7 Å². The molecule has 3 nitrogen and oxygen atoms in total. The third-order valence-electron chi connectivity index (χ3n) is 5.58. The Labute approximate surface area is 189 Å².